The quantitative estimate of drug-likeness (QED) is 0.0471. The fourth-order valence-electron chi connectivity index (χ4n) is 8.64. The van der Waals surface area contributed by atoms with Crippen LogP contribution in [0.25, 0.3) is 0 Å². The number of rotatable bonds is 24. The number of hydrogen-bond donors (Lipinski definition) is 2. The zero-order chi connectivity index (χ0) is 50.4. The number of nitro groups is 1. The predicted molar refractivity (Wildman–Crippen MR) is 245 cm³/mol. The zero-order valence-electron chi connectivity index (χ0n) is 40.9. The van der Waals surface area contributed by atoms with E-state index in [9.17, 15) is 43.3 Å². The fraction of sp³-hybridized carbons (Fsp3) is 0.617. The summed E-state index contributed by atoms with van der Waals surface area (Å²) < 4.78 is 42.1. The average molecular weight is 945 g/mol. The Balaban J connectivity index is 1.93. The molecule has 0 spiro atoms. The Morgan fingerprint density at radius 1 is 0.910 bits per heavy atom. The van der Waals surface area contributed by atoms with Crippen molar-refractivity contribution in [2.45, 2.75) is 110 Å². The van der Waals surface area contributed by atoms with Gasteiger partial charge in [-0.2, -0.15) is 0 Å². The Kier molecular flexibility index (Phi) is 21.1. The maximum atomic E-state index is 14.7. The Labute approximate surface area is 392 Å². The largest absolute Gasteiger partial charge is 0.514 e. The van der Waals surface area contributed by atoms with Gasteiger partial charge in [0.1, 0.15) is 17.9 Å². The van der Waals surface area contributed by atoms with Gasteiger partial charge in [-0.05, 0) is 62.2 Å². The molecule has 20 heteroatoms. The van der Waals surface area contributed by atoms with Crippen molar-refractivity contribution < 1.29 is 61.8 Å². The van der Waals surface area contributed by atoms with Crippen molar-refractivity contribution in [2.24, 2.45) is 23.7 Å². The summed E-state index contributed by atoms with van der Waals surface area (Å²) in [4.78, 5) is 97.7. The summed E-state index contributed by atoms with van der Waals surface area (Å²) in [5.74, 6) is -4.69. The first-order valence-corrected chi connectivity index (χ1v) is 22.4. The third kappa shape index (κ3) is 14.6. The zero-order valence-corrected chi connectivity index (χ0v) is 40.9. The molecule has 1 saturated heterocycles. The van der Waals surface area contributed by atoms with Gasteiger partial charge in [-0.15, -0.1) is 0 Å². The van der Waals surface area contributed by atoms with E-state index in [0.717, 1.165) is 18.2 Å². The van der Waals surface area contributed by atoms with E-state index in [-0.39, 0.29) is 71.7 Å². The number of carbonyl (C=O) groups excluding carboxylic acids is 6. The molecule has 1 aliphatic rings. The predicted octanol–water partition coefficient (Wildman–Crippen LogP) is 4.88. The number of ether oxygens (including phenoxy) is 5. The maximum Gasteiger partial charge on any atom is 0.514 e. The maximum absolute atomic E-state index is 14.7. The first kappa shape index (κ1) is 55.6. The lowest BCUT2D eigenvalue weighted by molar-refractivity contribution is -0.384. The molecule has 1 fully saturated rings. The van der Waals surface area contributed by atoms with E-state index in [1.807, 2.05) is 41.5 Å². The highest BCUT2D eigenvalue weighted by atomic mass is 19.1. The van der Waals surface area contributed by atoms with E-state index in [1.165, 1.54) is 55.4 Å². The van der Waals surface area contributed by atoms with Gasteiger partial charge in [0, 0.05) is 45.4 Å². The number of Topliss-reactive ketones (excluding diaryl/α,β-unsaturated/α-hetero) is 1. The lowest BCUT2D eigenvalue weighted by atomic mass is 9.89. The normalized spacial score (nSPS) is 18.0. The number of likely N-dealkylation sites (N-methyl/N-ethyl adjacent to an activating group) is 2. The molecule has 9 atom stereocenters. The molecule has 4 amide bonds. The molecule has 67 heavy (non-hydrogen) atoms. The Morgan fingerprint density at radius 2 is 1.55 bits per heavy atom. The highest BCUT2D eigenvalue weighted by molar-refractivity contribution is 5.99. The third-order valence-electron chi connectivity index (χ3n) is 12.4. The SMILES string of the molecule is CC[C@H](C)C([C@@H](CC(=O)N1C[C@@H](OC(=O)Oc2ccc([N+](=O)[O-])cc2)C[C@H]1[C@H](OC)[C@@H](C)C(=O)NCC(=O)c1ccc(OC)c(F)c1)OC)N(C)C(=O)[C@@H](NC(=O)[C@H](C(C)C)N(C)C)C(C)C. The average Bonchev–Trinajstić information content (AvgIpc) is 3.69. The number of carbonyl (C=O) groups is 6. The summed E-state index contributed by atoms with van der Waals surface area (Å²) in [6.07, 6.45) is -3.73. The van der Waals surface area contributed by atoms with E-state index in [4.69, 9.17) is 23.7 Å². The first-order chi connectivity index (χ1) is 31.5. The van der Waals surface area contributed by atoms with Gasteiger partial charge in [0.25, 0.3) is 5.69 Å². The van der Waals surface area contributed by atoms with Crippen LogP contribution in [-0.4, -0.2) is 153 Å². The van der Waals surface area contributed by atoms with Gasteiger partial charge in [-0.1, -0.05) is 54.9 Å². The van der Waals surface area contributed by atoms with E-state index in [0.29, 0.717) is 6.42 Å². The number of non-ortho nitro benzene ring substituents is 1. The number of benzene rings is 2. The number of nitrogens with zero attached hydrogens (tertiary/aromatic N) is 4. The van der Waals surface area contributed by atoms with Gasteiger partial charge in [-0.25, -0.2) is 9.18 Å². The molecular weight excluding hydrogens is 876 g/mol. The van der Waals surface area contributed by atoms with Crippen LogP contribution < -0.4 is 20.1 Å². The number of ketones is 1. The molecule has 0 saturated carbocycles. The highest BCUT2D eigenvalue weighted by Crippen LogP contribution is 2.32. The highest BCUT2D eigenvalue weighted by Gasteiger charge is 2.47. The van der Waals surface area contributed by atoms with Gasteiger partial charge in [-0.3, -0.25) is 39.0 Å². The molecule has 0 bridgehead atoms. The topological polar surface area (TPSA) is 225 Å². The number of methoxy groups -OCH3 is 3. The summed E-state index contributed by atoms with van der Waals surface area (Å²) in [5, 5.41) is 16.7. The summed E-state index contributed by atoms with van der Waals surface area (Å²) in [7, 11) is 9.30. The van der Waals surface area contributed by atoms with E-state index in [1.54, 1.807) is 33.0 Å². The van der Waals surface area contributed by atoms with Crippen LogP contribution >= 0.6 is 0 Å². The first-order valence-electron chi connectivity index (χ1n) is 22.4. The van der Waals surface area contributed by atoms with Gasteiger partial charge >= 0.3 is 6.16 Å². The molecule has 2 aromatic carbocycles. The molecule has 2 aromatic rings. The minimum absolute atomic E-state index is 0.00650. The van der Waals surface area contributed by atoms with Crippen LogP contribution in [0, 0.1) is 39.6 Å². The monoisotopic (exact) mass is 944 g/mol. The van der Waals surface area contributed by atoms with E-state index in [2.05, 4.69) is 10.6 Å². The van der Waals surface area contributed by atoms with Crippen molar-refractivity contribution in [3.63, 3.8) is 0 Å². The minimum Gasteiger partial charge on any atom is -0.494 e. The molecule has 0 aliphatic carbocycles. The lowest BCUT2D eigenvalue weighted by Crippen LogP contribution is -2.59. The van der Waals surface area contributed by atoms with Crippen LogP contribution in [0.3, 0.4) is 0 Å². The van der Waals surface area contributed by atoms with Crippen molar-refractivity contribution in [1.29, 1.82) is 0 Å². The second kappa shape index (κ2) is 25.4. The molecule has 372 valence electrons. The van der Waals surface area contributed by atoms with Gasteiger partial charge in [0.05, 0.1) is 67.8 Å². The Morgan fingerprint density at radius 3 is 2.06 bits per heavy atom. The second-order valence-electron chi connectivity index (χ2n) is 17.9. The van der Waals surface area contributed by atoms with Crippen LogP contribution in [0.1, 0.15) is 78.1 Å². The molecule has 1 aliphatic heterocycles. The third-order valence-corrected chi connectivity index (χ3v) is 12.4. The number of halogens is 1. The van der Waals surface area contributed by atoms with Crippen molar-refractivity contribution in [2.75, 3.05) is 55.6 Å². The smallest absolute Gasteiger partial charge is 0.494 e. The number of amides is 4. The van der Waals surface area contributed by atoms with Crippen molar-refractivity contribution in [3.05, 3.63) is 64.0 Å². The molecule has 2 N–H and O–H groups in total. The van der Waals surface area contributed by atoms with Crippen LogP contribution in [0.5, 0.6) is 11.5 Å². The van der Waals surface area contributed by atoms with Crippen LogP contribution in [-0.2, 0) is 33.4 Å². The van der Waals surface area contributed by atoms with Crippen LogP contribution in [0.4, 0.5) is 14.9 Å². The molecule has 1 heterocycles. The van der Waals surface area contributed by atoms with Gasteiger partial charge in [0.2, 0.25) is 23.6 Å². The lowest BCUT2D eigenvalue weighted by Gasteiger charge is -2.41. The number of nitrogens with one attached hydrogen (secondary N) is 2. The number of nitro benzene ring substituents is 1. The van der Waals surface area contributed by atoms with Crippen molar-refractivity contribution in [1.82, 2.24) is 25.3 Å². The van der Waals surface area contributed by atoms with Crippen molar-refractivity contribution in [3.8, 4) is 11.5 Å². The molecular formula is C47H69FN6O13. The van der Waals surface area contributed by atoms with Crippen LogP contribution in [0.2, 0.25) is 0 Å². The fourth-order valence-corrected chi connectivity index (χ4v) is 8.64. The molecule has 3 rings (SSSR count). The summed E-state index contributed by atoms with van der Waals surface area (Å²) in [6, 6.07) is 5.50. The number of hydrogen-bond acceptors (Lipinski definition) is 14. The Hall–Kier alpha value is -5.73. The minimum atomic E-state index is -1.15. The number of likely N-dealkylation sites (tertiary alicyclic amines) is 1. The summed E-state index contributed by atoms with van der Waals surface area (Å²) in [6.45, 7) is 12.3. The van der Waals surface area contributed by atoms with E-state index < -0.39 is 89.4 Å². The second-order valence-corrected chi connectivity index (χ2v) is 17.9. The van der Waals surface area contributed by atoms with Crippen molar-refractivity contribution >= 4 is 41.3 Å². The Bertz CT molecular complexity index is 2030. The van der Waals surface area contributed by atoms with Gasteiger partial charge in [0.15, 0.2) is 17.3 Å². The summed E-state index contributed by atoms with van der Waals surface area (Å²) >= 11 is 0. The molecule has 0 radical (unpaired) electrons. The summed E-state index contributed by atoms with van der Waals surface area (Å²) in [5.41, 5.74) is -0.213. The molecule has 19 nitrogen and oxygen atoms in total. The standard InChI is InChI=1S/C47H69FN6O13/c1-14-28(6)42(52(10)46(59)40(26(2)3)50-45(58)41(27(4)5)51(8)9)38(64-12)23-39(56)53-25-33(67-47(60)66-32-18-16-31(17-19-32)54(61)62)22-35(53)43(65-13)29(7)44(57)49-24-36(55)30-15-20-37(63-11)34(48)21-30/h15-21,26-29,33,35,38,40-43H,14,22-25H2,1-13H3,(H,49,57)(H,50,58)/t28-,29+,33-,35-,38+,40-,41-,42?,43+/m0/s1. The molecule has 0 aromatic heterocycles. The van der Waals surface area contributed by atoms with Crippen LogP contribution in [0.15, 0.2) is 42.5 Å². The van der Waals surface area contributed by atoms with Gasteiger partial charge < -0.3 is 44.1 Å². The van der Waals surface area contributed by atoms with E-state index >= 15 is 0 Å². The molecule has 1 unspecified atom stereocenters.